The lowest BCUT2D eigenvalue weighted by atomic mass is 10.1. The second-order valence-corrected chi connectivity index (χ2v) is 6.29. The van der Waals surface area contributed by atoms with E-state index in [1.165, 1.54) is 11.4 Å². The van der Waals surface area contributed by atoms with Crippen LogP contribution in [-0.2, 0) is 17.8 Å². The van der Waals surface area contributed by atoms with Crippen molar-refractivity contribution in [3.63, 3.8) is 0 Å². The minimum Gasteiger partial charge on any atom is -0.376 e. The van der Waals surface area contributed by atoms with E-state index in [1.54, 1.807) is 0 Å². The number of rotatable bonds is 1. The van der Waals surface area contributed by atoms with E-state index in [-0.39, 0.29) is 0 Å². The molecule has 0 radical (unpaired) electrons. The molecule has 0 saturated carbocycles. The molecule has 98 valence electrons. The minimum absolute atomic E-state index is 0.360. The third-order valence-corrected chi connectivity index (χ3v) is 4.94. The monoisotopic (exact) mass is 283 g/mol. The van der Waals surface area contributed by atoms with Crippen molar-refractivity contribution >= 4 is 24.0 Å². The molecular formula is C12H17N3OS2. The van der Waals surface area contributed by atoms with Crippen LogP contribution in [0.1, 0.15) is 23.1 Å². The van der Waals surface area contributed by atoms with Crippen LogP contribution in [0, 0.1) is 4.64 Å². The van der Waals surface area contributed by atoms with E-state index in [0.717, 1.165) is 36.7 Å². The van der Waals surface area contributed by atoms with E-state index >= 15 is 0 Å². The highest BCUT2D eigenvalue weighted by Crippen LogP contribution is 2.27. The standard InChI is InChI=1S/C12H17N3OS2/c1-15-3-5-18-7-10(15)11-13-9-2-4-16-6-8(9)12(17)14-11/h10H,2-7H2,1H3,(H,13,14,17). The molecule has 1 N–H and O–H groups in total. The van der Waals surface area contributed by atoms with Gasteiger partial charge in [0.2, 0.25) is 0 Å². The van der Waals surface area contributed by atoms with E-state index in [1.807, 2.05) is 11.8 Å². The van der Waals surface area contributed by atoms with Crippen LogP contribution in [0.2, 0.25) is 0 Å². The topological polar surface area (TPSA) is 41.2 Å². The average Bonchev–Trinajstić information content (AvgIpc) is 2.39. The normalized spacial score (nSPS) is 24.8. The Hall–Kier alpha value is -0.430. The van der Waals surface area contributed by atoms with Crippen LogP contribution in [-0.4, -0.2) is 46.6 Å². The molecule has 0 spiro atoms. The Balaban J connectivity index is 1.97. The molecule has 0 bridgehead atoms. The van der Waals surface area contributed by atoms with Gasteiger partial charge in [0.05, 0.1) is 19.3 Å². The number of fused-ring (bicyclic) bond motifs is 1. The van der Waals surface area contributed by atoms with Gasteiger partial charge in [-0.05, 0) is 7.05 Å². The number of nitrogens with one attached hydrogen (secondary N) is 1. The summed E-state index contributed by atoms with van der Waals surface area (Å²) in [4.78, 5) is 10.4. The first-order valence-electron chi connectivity index (χ1n) is 6.23. The van der Waals surface area contributed by atoms with Gasteiger partial charge in [-0.25, -0.2) is 4.98 Å². The lowest BCUT2D eigenvalue weighted by molar-refractivity contribution is 0.108. The summed E-state index contributed by atoms with van der Waals surface area (Å²) in [6.07, 6.45) is 0.915. The van der Waals surface area contributed by atoms with Gasteiger partial charge in [0.25, 0.3) is 0 Å². The van der Waals surface area contributed by atoms with Gasteiger partial charge >= 0.3 is 0 Å². The molecule has 2 aliphatic heterocycles. The predicted octanol–water partition coefficient (Wildman–Crippen LogP) is 1.93. The molecule has 3 rings (SSSR count). The largest absolute Gasteiger partial charge is 0.376 e. The number of thioether (sulfide) groups is 1. The van der Waals surface area contributed by atoms with Crippen LogP contribution in [0.3, 0.4) is 0 Å². The second kappa shape index (κ2) is 5.28. The summed E-state index contributed by atoms with van der Waals surface area (Å²) in [7, 11) is 2.16. The van der Waals surface area contributed by atoms with E-state index in [2.05, 4.69) is 21.9 Å². The van der Waals surface area contributed by atoms with Gasteiger partial charge < -0.3 is 9.72 Å². The van der Waals surface area contributed by atoms with E-state index in [4.69, 9.17) is 17.0 Å². The smallest absolute Gasteiger partial charge is 0.135 e. The molecule has 0 amide bonds. The van der Waals surface area contributed by atoms with Crippen molar-refractivity contribution in [2.75, 3.05) is 31.7 Å². The molecule has 1 aromatic heterocycles. The van der Waals surface area contributed by atoms with Crippen molar-refractivity contribution in [3.8, 4) is 0 Å². The third-order valence-electron chi connectivity index (χ3n) is 3.58. The predicted molar refractivity (Wildman–Crippen MR) is 75.5 cm³/mol. The summed E-state index contributed by atoms with van der Waals surface area (Å²) in [6.45, 7) is 2.49. The highest BCUT2D eigenvalue weighted by molar-refractivity contribution is 7.99. The number of ether oxygens (including phenoxy) is 1. The highest BCUT2D eigenvalue weighted by atomic mass is 32.2. The van der Waals surface area contributed by atoms with E-state index in [9.17, 15) is 0 Å². The fraction of sp³-hybridized carbons (Fsp3) is 0.667. The maximum Gasteiger partial charge on any atom is 0.135 e. The summed E-state index contributed by atoms with van der Waals surface area (Å²) < 4.78 is 6.15. The zero-order valence-corrected chi connectivity index (χ0v) is 12.1. The number of aromatic amines is 1. The summed E-state index contributed by atoms with van der Waals surface area (Å²) in [6, 6.07) is 0.360. The van der Waals surface area contributed by atoms with Crippen LogP contribution in [0.4, 0.5) is 0 Å². The number of hydrogen-bond donors (Lipinski definition) is 1. The molecule has 1 fully saturated rings. The molecule has 6 heteroatoms. The Morgan fingerprint density at radius 2 is 2.44 bits per heavy atom. The lowest BCUT2D eigenvalue weighted by Gasteiger charge is -2.32. The minimum atomic E-state index is 0.360. The molecule has 0 aromatic carbocycles. The Morgan fingerprint density at radius 1 is 1.56 bits per heavy atom. The maximum atomic E-state index is 5.44. The SMILES string of the molecule is CN1CCSCC1c1nc(=S)c2c([nH]1)CCOC2. The Morgan fingerprint density at radius 3 is 3.28 bits per heavy atom. The first kappa shape index (κ1) is 12.6. The highest BCUT2D eigenvalue weighted by Gasteiger charge is 2.24. The van der Waals surface area contributed by atoms with Crippen LogP contribution in [0.15, 0.2) is 0 Å². The molecule has 3 heterocycles. The van der Waals surface area contributed by atoms with Crippen LogP contribution in [0.25, 0.3) is 0 Å². The first-order chi connectivity index (χ1) is 8.75. The fourth-order valence-electron chi connectivity index (χ4n) is 2.41. The van der Waals surface area contributed by atoms with Crippen molar-refractivity contribution in [1.29, 1.82) is 0 Å². The summed E-state index contributed by atoms with van der Waals surface area (Å²) in [5.41, 5.74) is 2.30. The van der Waals surface area contributed by atoms with E-state index in [0.29, 0.717) is 17.3 Å². The summed E-state index contributed by atoms with van der Waals surface area (Å²) in [5, 5.41) is 0. The molecule has 0 aliphatic carbocycles. The molecule has 1 aromatic rings. The van der Waals surface area contributed by atoms with Gasteiger partial charge in [0.15, 0.2) is 0 Å². The van der Waals surface area contributed by atoms with Gasteiger partial charge in [0, 0.05) is 35.7 Å². The van der Waals surface area contributed by atoms with Gasteiger partial charge in [-0.2, -0.15) is 11.8 Å². The van der Waals surface area contributed by atoms with Gasteiger partial charge in [-0.3, -0.25) is 4.90 Å². The molecule has 2 aliphatic rings. The van der Waals surface area contributed by atoms with Crippen molar-refractivity contribution in [1.82, 2.24) is 14.9 Å². The van der Waals surface area contributed by atoms with Crippen molar-refractivity contribution in [2.24, 2.45) is 0 Å². The lowest BCUT2D eigenvalue weighted by Crippen LogP contribution is -2.34. The van der Waals surface area contributed by atoms with Crippen molar-refractivity contribution in [3.05, 3.63) is 21.7 Å². The quantitative estimate of drug-likeness (QED) is 0.798. The molecule has 18 heavy (non-hydrogen) atoms. The number of aromatic nitrogens is 2. The summed E-state index contributed by atoms with van der Waals surface area (Å²) in [5.74, 6) is 3.31. The molecular weight excluding hydrogens is 266 g/mol. The van der Waals surface area contributed by atoms with Crippen molar-refractivity contribution < 1.29 is 4.74 Å². The zero-order valence-electron chi connectivity index (χ0n) is 10.4. The Labute approximate surface area is 116 Å². The van der Waals surface area contributed by atoms with Gasteiger partial charge in [-0.15, -0.1) is 0 Å². The zero-order chi connectivity index (χ0) is 12.5. The Kier molecular flexibility index (Phi) is 3.70. The molecule has 4 nitrogen and oxygen atoms in total. The van der Waals surface area contributed by atoms with Crippen LogP contribution < -0.4 is 0 Å². The summed E-state index contributed by atoms with van der Waals surface area (Å²) >= 11 is 7.38. The average molecular weight is 283 g/mol. The van der Waals surface area contributed by atoms with E-state index < -0.39 is 0 Å². The number of hydrogen-bond acceptors (Lipinski definition) is 5. The third kappa shape index (κ3) is 2.34. The van der Waals surface area contributed by atoms with Crippen LogP contribution in [0.5, 0.6) is 0 Å². The Bertz CT molecular complexity index is 503. The second-order valence-electron chi connectivity index (χ2n) is 4.76. The van der Waals surface area contributed by atoms with Gasteiger partial charge in [0.1, 0.15) is 10.5 Å². The van der Waals surface area contributed by atoms with Gasteiger partial charge in [-0.1, -0.05) is 12.2 Å². The number of nitrogens with zero attached hydrogens (tertiary/aromatic N) is 2. The van der Waals surface area contributed by atoms with Crippen LogP contribution >= 0.6 is 24.0 Å². The first-order valence-corrected chi connectivity index (χ1v) is 7.79. The fourth-order valence-corrected chi connectivity index (χ4v) is 3.91. The molecule has 1 atom stereocenters. The van der Waals surface area contributed by atoms with Crippen molar-refractivity contribution in [2.45, 2.75) is 19.1 Å². The number of H-pyrrole nitrogens is 1. The molecule has 1 unspecified atom stereocenters. The molecule has 1 saturated heterocycles. The maximum absolute atomic E-state index is 5.44.